The molecule has 26 heavy (non-hydrogen) atoms. The van der Waals surface area contributed by atoms with Crippen LogP contribution in [0.25, 0.3) is 0 Å². The molecule has 0 unspecified atom stereocenters. The number of carbonyl (C=O) groups excluding carboxylic acids is 3. The van der Waals surface area contributed by atoms with Gasteiger partial charge in [0.2, 0.25) is 11.8 Å². The molecule has 2 aliphatic heterocycles. The molecule has 1 atom stereocenters. The minimum Gasteiger partial charge on any atom is -0.373 e. The lowest BCUT2D eigenvalue weighted by Gasteiger charge is -2.19. The topological polar surface area (TPSA) is 78.5 Å². The Balaban J connectivity index is 1.52. The zero-order valence-electron chi connectivity index (χ0n) is 14.4. The molecule has 2 aliphatic rings. The van der Waals surface area contributed by atoms with Crippen LogP contribution in [0.4, 0.5) is 17.1 Å². The first-order valence-electron chi connectivity index (χ1n) is 8.64. The lowest BCUT2D eigenvalue weighted by molar-refractivity contribution is -0.121. The van der Waals surface area contributed by atoms with E-state index >= 15 is 0 Å². The Labute approximate surface area is 151 Å². The molecule has 3 amide bonds. The van der Waals surface area contributed by atoms with Gasteiger partial charge < -0.3 is 10.6 Å². The molecule has 132 valence electrons. The molecule has 4 rings (SSSR count). The molecule has 2 N–H and O–H groups in total. The maximum Gasteiger partial charge on any atom is 0.256 e. The Morgan fingerprint density at radius 1 is 1.04 bits per heavy atom. The third-order valence-electron chi connectivity index (χ3n) is 4.78. The summed E-state index contributed by atoms with van der Waals surface area (Å²) in [7, 11) is 0. The van der Waals surface area contributed by atoms with E-state index in [1.807, 2.05) is 37.3 Å². The van der Waals surface area contributed by atoms with Crippen molar-refractivity contribution in [2.75, 3.05) is 15.5 Å². The van der Waals surface area contributed by atoms with Crippen LogP contribution in [-0.2, 0) is 20.8 Å². The van der Waals surface area contributed by atoms with Crippen LogP contribution in [0.1, 0.15) is 24.0 Å². The number of fused-ring (bicyclic) bond motifs is 1. The SMILES string of the molecule is Cc1ccc(N2C(=O)C[C@H](Nc3ccc4c(c3)CCC(=O)N4)C2=O)cc1. The smallest absolute Gasteiger partial charge is 0.256 e. The van der Waals surface area contributed by atoms with Crippen molar-refractivity contribution >= 4 is 34.8 Å². The maximum absolute atomic E-state index is 12.7. The molecule has 0 aromatic heterocycles. The van der Waals surface area contributed by atoms with Crippen molar-refractivity contribution < 1.29 is 14.4 Å². The second kappa shape index (κ2) is 6.29. The molecule has 2 aromatic rings. The van der Waals surface area contributed by atoms with Gasteiger partial charge in [-0.15, -0.1) is 0 Å². The van der Waals surface area contributed by atoms with Gasteiger partial charge in [0.15, 0.2) is 0 Å². The van der Waals surface area contributed by atoms with E-state index in [1.54, 1.807) is 12.1 Å². The van der Waals surface area contributed by atoms with Crippen molar-refractivity contribution in [2.45, 2.75) is 32.2 Å². The van der Waals surface area contributed by atoms with E-state index in [4.69, 9.17) is 0 Å². The van der Waals surface area contributed by atoms with Crippen molar-refractivity contribution in [3.8, 4) is 0 Å². The highest BCUT2D eigenvalue weighted by Crippen LogP contribution is 2.29. The molecular weight excluding hydrogens is 330 g/mol. The summed E-state index contributed by atoms with van der Waals surface area (Å²) in [6.45, 7) is 1.96. The molecule has 6 heteroatoms. The van der Waals surface area contributed by atoms with E-state index in [0.717, 1.165) is 22.5 Å². The molecule has 0 spiro atoms. The molecule has 0 saturated carbocycles. The Morgan fingerprint density at radius 2 is 1.81 bits per heavy atom. The number of nitrogens with one attached hydrogen (secondary N) is 2. The summed E-state index contributed by atoms with van der Waals surface area (Å²) in [5.41, 5.74) is 4.28. The molecule has 1 saturated heterocycles. The predicted molar refractivity (Wildman–Crippen MR) is 99.1 cm³/mol. The monoisotopic (exact) mass is 349 g/mol. The van der Waals surface area contributed by atoms with Gasteiger partial charge in [-0.25, -0.2) is 4.90 Å². The molecule has 2 heterocycles. The number of amides is 3. The molecule has 0 aliphatic carbocycles. The molecule has 0 bridgehead atoms. The quantitative estimate of drug-likeness (QED) is 0.835. The fraction of sp³-hybridized carbons (Fsp3) is 0.250. The summed E-state index contributed by atoms with van der Waals surface area (Å²) in [5, 5.41) is 6.00. The normalized spacial score (nSPS) is 19.3. The highest BCUT2D eigenvalue weighted by Gasteiger charge is 2.39. The summed E-state index contributed by atoms with van der Waals surface area (Å²) >= 11 is 0. The summed E-state index contributed by atoms with van der Waals surface area (Å²) in [6, 6.07) is 12.3. The maximum atomic E-state index is 12.7. The van der Waals surface area contributed by atoms with E-state index in [0.29, 0.717) is 18.5 Å². The van der Waals surface area contributed by atoms with Crippen LogP contribution in [0.15, 0.2) is 42.5 Å². The summed E-state index contributed by atoms with van der Waals surface area (Å²) in [6.07, 6.45) is 1.25. The first-order valence-corrected chi connectivity index (χ1v) is 8.64. The third-order valence-corrected chi connectivity index (χ3v) is 4.78. The number of nitrogens with zero attached hydrogens (tertiary/aromatic N) is 1. The van der Waals surface area contributed by atoms with Crippen molar-refractivity contribution in [1.82, 2.24) is 0 Å². The summed E-state index contributed by atoms with van der Waals surface area (Å²) in [4.78, 5) is 37.8. The Morgan fingerprint density at radius 3 is 2.58 bits per heavy atom. The minimum absolute atomic E-state index is 0.0171. The average molecular weight is 349 g/mol. The van der Waals surface area contributed by atoms with Crippen molar-refractivity contribution in [3.63, 3.8) is 0 Å². The van der Waals surface area contributed by atoms with Gasteiger partial charge in [0.05, 0.1) is 12.1 Å². The van der Waals surface area contributed by atoms with Crippen molar-refractivity contribution in [2.24, 2.45) is 0 Å². The Kier molecular flexibility index (Phi) is 3.95. The van der Waals surface area contributed by atoms with Crippen LogP contribution >= 0.6 is 0 Å². The number of hydrogen-bond donors (Lipinski definition) is 2. The fourth-order valence-electron chi connectivity index (χ4n) is 3.38. The molecular formula is C20H19N3O3. The highest BCUT2D eigenvalue weighted by atomic mass is 16.2. The minimum atomic E-state index is -0.583. The van der Waals surface area contributed by atoms with Gasteiger partial charge in [0.1, 0.15) is 6.04 Å². The van der Waals surface area contributed by atoms with Gasteiger partial charge in [-0.1, -0.05) is 17.7 Å². The number of hydrogen-bond acceptors (Lipinski definition) is 4. The number of anilines is 3. The largest absolute Gasteiger partial charge is 0.373 e. The van der Waals surface area contributed by atoms with Crippen LogP contribution in [0.2, 0.25) is 0 Å². The first-order chi connectivity index (χ1) is 12.5. The molecule has 1 fully saturated rings. The molecule has 0 radical (unpaired) electrons. The predicted octanol–water partition coefficient (Wildman–Crippen LogP) is 2.62. The first kappa shape index (κ1) is 16.3. The lowest BCUT2D eigenvalue weighted by atomic mass is 10.0. The van der Waals surface area contributed by atoms with Crippen molar-refractivity contribution in [3.05, 3.63) is 53.6 Å². The van der Waals surface area contributed by atoms with E-state index in [2.05, 4.69) is 10.6 Å². The standard InChI is InChI=1S/C20H19N3O3/c1-12-2-6-15(7-3-12)23-19(25)11-17(20(23)26)21-14-5-8-16-13(10-14)4-9-18(24)22-16/h2-3,5-8,10,17,21H,4,9,11H2,1H3,(H,22,24)/t17-/m0/s1. The van der Waals surface area contributed by atoms with E-state index in [1.165, 1.54) is 4.90 Å². The number of benzene rings is 2. The fourth-order valence-corrected chi connectivity index (χ4v) is 3.38. The number of imide groups is 1. The summed E-state index contributed by atoms with van der Waals surface area (Å²) < 4.78 is 0. The van der Waals surface area contributed by atoms with Gasteiger partial charge in [-0.2, -0.15) is 0 Å². The van der Waals surface area contributed by atoms with E-state index in [-0.39, 0.29) is 24.1 Å². The van der Waals surface area contributed by atoms with E-state index in [9.17, 15) is 14.4 Å². The second-order valence-electron chi connectivity index (χ2n) is 6.72. The Bertz CT molecular complexity index is 905. The average Bonchev–Trinajstić information content (AvgIpc) is 2.90. The number of rotatable bonds is 3. The van der Waals surface area contributed by atoms with Gasteiger partial charge in [-0.3, -0.25) is 14.4 Å². The molecule has 2 aromatic carbocycles. The van der Waals surface area contributed by atoms with Crippen LogP contribution < -0.4 is 15.5 Å². The van der Waals surface area contributed by atoms with Crippen LogP contribution in [0, 0.1) is 6.92 Å². The van der Waals surface area contributed by atoms with Crippen LogP contribution in [0.5, 0.6) is 0 Å². The van der Waals surface area contributed by atoms with Gasteiger partial charge >= 0.3 is 0 Å². The van der Waals surface area contributed by atoms with Crippen LogP contribution in [-0.4, -0.2) is 23.8 Å². The number of aryl methyl sites for hydroxylation is 2. The van der Waals surface area contributed by atoms with Gasteiger partial charge in [0, 0.05) is 17.8 Å². The third kappa shape index (κ3) is 2.94. The van der Waals surface area contributed by atoms with E-state index < -0.39 is 6.04 Å². The Hall–Kier alpha value is -3.15. The van der Waals surface area contributed by atoms with Gasteiger partial charge in [0.25, 0.3) is 5.91 Å². The zero-order valence-corrected chi connectivity index (χ0v) is 14.4. The van der Waals surface area contributed by atoms with Gasteiger partial charge in [-0.05, 0) is 49.2 Å². The zero-order chi connectivity index (χ0) is 18.3. The lowest BCUT2D eigenvalue weighted by Crippen LogP contribution is -2.34. The summed E-state index contributed by atoms with van der Waals surface area (Å²) in [5.74, 6) is -0.435. The highest BCUT2D eigenvalue weighted by molar-refractivity contribution is 6.23. The van der Waals surface area contributed by atoms with Crippen molar-refractivity contribution in [1.29, 1.82) is 0 Å². The molecule has 6 nitrogen and oxygen atoms in total. The van der Waals surface area contributed by atoms with Crippen LogP contribution in [0.3, 0.4) is 0 Å². The second-order valence-corrected chi connectivity index (χ2v) is 6.72. The number of carbonyl (C=O) groups is 3.